The van der Waals surface area contributed by atoms with E-state index >= 15 is 0 Å². The summed E-state index contributed by atoms with van der Waals surface area (Å²) >= 11 is 0. The van der Waals surface area contributed by atoms with Crippen molar-refractivity contribution in [2.45, 2.75) is 52.6 Å². The van der Waals surface area contributed by atoms with Crippen molar-refractivity contribution < 1.29 is 4.74 Å². The summed E-state index contributed by atoms with van der Waals surface area (Å²) in [5.41, 5.74) is 7.45. The molecule has 118 valence electrons. The van der Waals surface area contributed by atoms with Crippen LogP contribution < -0.4 is 4.74 Å². The van der Waals surface area contributed by atoms with E-state index in [1.54, 1.807) is 0 Å². The number of rotatable bonds is 0. The Kier molecular flexibility index (Phi) is 2.49. The lowest BCUT2D eigenvalue weighted by Crippen LogP contribution is -2.68. The van der Waals surface area contributed by atoms with Gasteiger partial charge in [0.2, 0.25) is 0 Å². The van der Waals surface area contributed by atoms with Crippen molar-refractivity contribution in [2.24, 2.45) is 17.8 Å². The normalized spacial score (nSPS) is 41.1. The van der Waals surface area contributed by atoms with Gasteiger partial charge in [-0.2, -0.15) is 0 Å². The number of hydrogen-bond acceptors (Lipinski definition) is 2. The average molecular weight is 297 g/mol. The van der Waals surface area contributed by atoms with Gasteiger partial charge < -0.3 is 9.64 Å². The van der Waals surface area contributed by atoms with E-state index in [9.17, 15) is 0 Å². The quantitative estimate of drug-likeness (QED) is 0.726. The highest BCUT2D eigenvalue weighted by Gasteiger charge is 2.61. The van der Waals surface area contributed by atoms with Crippen molar-refractivity contribution in [3.05, 3.63) is 27.8 Å². The molecule has 1 aromatic rings. The van der Waals surface area contributed by atoms with E-state index in [0.29, 0.717) is 0 Å². The second kappa shape index (κ2) is 4.08. The zero-order valence-electron chi connectivity index (χ0n) is 14.3. The Morgan fingerprint density at radius 2 is 1.50 bits per heavy atom. The summed E-state index contributed by atoms with van der Waals surface area (Å²) in [6.07, 6.45) is 3.97. The molecule has 5 aliphatic rings. The number of fused-ring (bicyclic) bond motifs is 1. The molecule has 0 amide bonds. The second-order valence-electron chi connectivity index (χ2n) is 8.49. The highest BCUT2D eigenvalue weighted by Crippen LogP contribution is 2.57. The number of nitrogens with zero attached hydrogens (tertiary/aromatic N) is 1. The Morgan fingerprint density at radius 3 is 2.14 bits per heavy atom. The topological polar surface area (TPSA) is 12.5 Å². The molecule has 2 nitrogen and oxygen atoms in total. The molecule has 22 heavy (non-hydrogen) atoms. The minimum atomic E-state index is 0.130. The van der Waals surface area contributed by atoms with E-state index in [2.05, 4.69) is 32.6 Å². The van der Waals surface area contributed by atoms with Crippen LogP contribution in [-0.4, -0.2) is 30.1 Å². The predicted molar refractivity (Wildman–Crippen MR) is 88.6 cm³/mol. The first kappa shape index (κ1) is 13.4. The summed E-state index contributed by atoms with van der Waals surface area (Å²) in [6, 6.07) is 0. The number of benzene rings is 1. The first-order chi connectivity index (χ1) is 10.5. The zero-order valence-corrected chi connectivity index (χ0v) is 14.3. The van der Waals surface area contributed by atoms with Crippen LogP contribution in [0.1, 0.15) is 40.7 Å². The maximum absolute atomic E-state index is 6.89. The minimum absolute atomic E-state index is 0.130. The van der Waals surface area contributed by atoms with Gasteiger partial charge in [-0.05, 0) is 68.7 Å². The van der Waals surface area contributed by atoms with E-state index in [0.717, 1.165) is 17.8 Å². The first-order valence-corrected chi connectivity index (χ1v) is 9.00. The molecular weight excluding hydrogens is 270 g/mol. The highest BCUT2D eigenvalue weighted by atomic mass is 16.5. The minimum Gasteiger partial charge on any atom is -0.486 e. The van der Waals surface area contributed by atoms with Crippen LogP contribution in [0.5, 0.6) is 5.75 Å². The summed E-state index contributed by atoms with van der Waals surface area (Å²) in [4.78, 5) is 2.71. The smallest absolute Gasteiger partial charge is 0.126 e. The van der Waals surface area contributed by atoms with Crippen molar-refractivity contribution in [2.75, 3.05) is 19.6 Å². The van der Waals surface area contributed by atoms with E-state index < -0.39 is 0 Å². The van der Waals surface area contributed by atoms with Crippen LogP contribution in [-0.2, 0) is 6.42 Å². The number of ether oxygens (including phenoxy) is 1. The third kappa shape index (κ3) is 1.45. The van der Waals surface area contributed by atoms with Gasteiger partial charge >= 0.3 is 0 Å². The molecule has 2 heteroatoms. The first-order valence-electron chi connectivity index (χ1n) is 9.00. The lowest BCUT2D eigenvalue weighted by Gasteiger charge is -2.60. The van der Waals surface area contributed by atoms with Crippen LogP contribution in [0.3, 0.4) is 0 Å². The van der Waals surface area contributed by atoms with Crippen molar-refractivity contribution in [3.63, 3.8) is 0 Å². The molecule has 0 N–H and O–H groups in total. The van der Waals surface area contributed by atoms with Gasteiger partial charge in [0.1, 0.15) is 11.4 Å². The summed E-state index contributed by atoms with van der Waals surface area (Å²) in [6.45, 7) is 13.0. The van der Waals surface area contributed by atoms with Crippen LogP contribution in [0.25, 0.3) is 0 Å². The Balaban J connectivity index is 1.63. The van der Waals surface area contributed by atoms with E-state index in [4.69, 9.17) is 4.74 Å². The molecule has 0 aromatic heterocycles. The third-order valence-electron chi connectivity index (χ3n) is 7.59. The molecule has 0 radical (unpaired) electrons. The number of piperidine rings is 3. The van der Waals surface area contributed by atoms with E-state index in [-0.39, 0.29) is 5.60 Å². The maximum atomic E-state index is 6.89. The molecular formula is C20H27NO. The predicted octanol–water partition coefficient (Wildman–Crippen LogP) is 3.57. The van der Waals surface area contributed by atoms with Gasteiger partial charge in [0.25, 0.3) is 0 Å². The zero-order chi connectivity index (χ0) is 15.2. The second-order valence-corrected chi connectivity index (χ2v) is 8.49. The van der Waals surface area contributed by atoms with Crippen molar-refractivity contribution in [3.8, 4) is 5.75 Å². The Morgan fingerprint density at radius 1 is 0.864 bits per heavy atom. The van der Waals surface area contributed by atoms with Gasteiger partial charge in [0.15, 0.2) is 0 Å². The number of hydrogen-bond donors (Lipinski definition) is 0. The lowest BCUT2D eigenvalue weighted by atomic mass is 9.58. The molecule has 4 aliphatic heterocycles. The molecule has 1 aromatic carbocycles. The molecule has 5 atom stereocenters. The maximum Gasteiger partial charge on any atom is 0.126 e. The Hall–Kier alpha value is -1.02. The standard InChI is InChI=1S/C20H27NO/c1-11-12(2)14(4)19-18(13(11)3)7-20(22-19)16-5-15-6-17(20)10-21(8-15)9-16/h15-17H,5-10H2,1-4H3/t15?,16-,17?,20-/m0/s1. The Labute approximate surface area is 133 Å². The molecule has 4 bridgehead atoms. The van der Waals surface area contributed by atoms with Gasteiger partial charge in [0.05, 0.1) is 0 Å². The Bertz CT molecular complexity index is 608. The fraction of sp³-hybridized carbons (Fsp3) is 0.700. The van der Waals surface area contributed by atoms with Crippen LogP contribution in [0, 0.1) is 45.4 Å². The van der Waals surface area contributed by atoms with E-state index in [1.807, 2.05) is 0 Å². The van der Waals surface area contributed by atoms with Crippen LogP contribution in [0.15, 0.2) is 0 Å². The van der Waals surface area contributed by atoms with Gasteiger partial charge in [-0.15, -0.1) is 0 Å². The monoisotopic (exact) mass is 297 g/mol. The van der Waals surface area contributed by atoms with Gasteiger partial charge in [-0.3, -0.25) is 0 Å². The molecule has 3 unspecified atom stereocenters. The largest absolute Gasteiger partial charge is 0.486 e. The SMILES string of the molecule is Cc1c(C)c(C)c2c(c1C)C[C@@]1(O2)C2CC3C[C@H]1CN(C3)C2. The van der Waals surface area contributed by atoms with Crippen LogP contribution >= 0.6 is 0 Å². The van der Waals surface area contributed by atoms with Crippen molar-refractivity contribution >= 4 is 0 Å². The average Bonchev–Trinajstić information content (AvgIpc) is 2.90. The van der Waals surface area contributed by atoms with Crippen molar-refractivity contribution in [1.29, 1.82) is 0 Å². The molecule has 6 rings (SSSR count). The summed E-state index contributed by atoms with van der Waals surface area (Å²) in [7, 11) is 0. The molecule has 4 heterocycles. The third-order valence-corrected chi connectivity index (χ3v) is 7.59. The summed E-state index contributed by atoms with van der Waals surface area (Å²) < 4.78 is 6.89. The van der Waals surface area contributed by atoms with Crippen LogP contribution in [0.2, 0.25) is 0 Å². The molecule has 1 aliphatic carbocycles. The molecule has 4 fully saturated rings. The summed E-state index contributed by atoms with van der Waals surface area (Å²) in [5, 5.41) is 0. The fourth-order valence-electron chi connectivity index (χ4n) is 6.12. The van der Waals surface area contributed by atoms with Crippen LogP contribution in [0.4, 0.5) is 0 Å². The molecule has 1 saturated carbocycles. The fourth-order valence-corrected chi connectivity index (χ4v) is 6.12. The van der Waals surface area contributed by atoms with E-state index in [1.165, 1.54) is 72.5 Å². The van der Waals surface area contributed by atoms with Gasteiger partial charge in [-0.25, -0.2) is 0 Å². The van der Waals surface area contributed by atoms with Crippen molar-refractivity contribution in [1.82, 2.24) is 4.90 Å². The molecule has 1 spiro atoms. The lowest BCUT2D eigenvalue weighted by molar-refractivity contribution is -0.158. The molecule has 3 saturated heterocycles. The summed E-state index contributed by atoms with van der Waals surface area (Å²) in [5.74, 6) is 3.71. The highest BCUT2D eigenvalue weighted by molar-refractivity contribution is 5.57. The van der Waals surface area contributed by atoms with Gasteiger partial charge in [-0.1, -0.05) is 0 Å². The van der Waals surface area contributed by atoms with Gasteiger partial charge in [0, 0.05) is 43.5 Å².